The second-order valence-electron chi connectivity index (χ2n) is 5.18. The number of benzene rings is 2. The Kier molecular flexibility index (Phi) is 4.32. The molecule has 3 rings (SSSR count). The largest absolute Gasteiger partial charge is 0.306 e. The van der Waals surface area contributed by atoms with Crippen molar-refractivity contribution in [3.05, 3.63) is 76.5 Å². The van der Waals surface area contributed by atoms with E-state index in [1.165, 1.54) is 21.9 Å². The third-order valence-electron chi connectivity index (χ3n) is 3.70. The van der Waals surface area contributed by atoms with Crippen LogP contribution in [0.25, 0.3) is 10.8 Å². The molecular formula is C18H17BrN2. The van der Waals surface area contributed by atoms with E-state index in [0.717, 1.165) is 11.0 Å². The zero-order chi connectivity index (χ0) is 14.7. The fourth-order valence-corrected chi connectivity index (χ4v) is 2.89. The van der Waals surface area contributed by atoms with Gasteiger partial charge in [0.2, 0.25) is 0 Å². The Balaban J connectivity index is 1.77. The van der Waals surface area contributed by atoms with E-state index in [0.29, 0.717) is 6.04 Å². The highest BCUT2D eigenvalue weighted by Crippen LogP contribution is 2.20. The van der Waals surface area contributed by atoms with E-state index >= 15 is 0 Å². The van der Waals surface area contributed by atoms with Gasteiger partial charge in [0.05, 0.1) is 0 Å². The normalized spacial score (nSPS) is 12.5. The molecule has 0 amide bonds. The highest BCUT2D eigenvalue weighted by atomic mass is 79.9. The van der Waals surface area contributed by atoms with Crippen LogP contribution in [0.5, 0.6) is 0 Å². The van der Waals surface area contributed by atoms with Crippen molar-refractivity contribution in [3.63, 3.8) is 0 Å². The van der Waals surface area contributed by atoms with Crippen molar-refractivity contribution in [1.29, 1.82) is 0 Å². The molecule has 0 aliphatic carbocycles. The van der Waals surface area contributed by atoms with Gasteiger partial charge in [0.15, 0.2) is 0 Å². The minimum Gasteiger partial charge on any atom is -0.306 e. The average Bonchev–Trinajstić information content (AvgIpc) is 2.52. The zero-order valence-electron chi connectivity index (χ0n) is 11.9. The van der Waals surface area contributed by atoms with Crippen LogP contribution in [0.3, 0.4) is 0 Å². The number of nitrogens with one attached hydrogen (secondary N) is 1. The van der Waals surface area contributed by atoms with E-state index in [2.05, 4.69) is 69.6 Å². The number of rotatable bonds is 4. The minimum absolute atomic E-state index is 0.293. The summed E-state index contributed by atoms with van der Waals surface area (Å²) in [6, 6.07) is 17.1. The van der Waals surface area contributed by atoms with Crippen molar-refractivity contribution < 1.29 is 0 Å². The number of pyridine rings is 1. The van der Waals surface area contributed by atoms with Crippen molar-refractivity contribution in [2.24, 2.45) is 0 Å². The maximum atomic E-state index is 4.33. The zero-order valence-corrected chi connectivity index (χ0v) is 13.5. The van der Waals surface area contributed by atoms with Crippen molar-refractivity contribution in [1.82, 2.24) is 10.3 Å². The Morgan fingerprint density at radius 2 is 1.95 bits per heavy atom. The summed E-state index contributed by atoms with van der Waals surface area (Å²) in [7, 11) is 0. The summed E-state index contributed by atoms with van der Waals surface area (Å²) in [4.78, 5) is 4.33. The fraction of sp³-hybridized carbons (Fsp3) is 0.167. The third kappa shape index (κ3) is 3.31. The predicted molar refractivity (Wildman–Crippen MR) is 91.1 cm³/mol. The molecular weight excluding hydrogens is 324 g/mol. The van der Waals surface area contributed by atoms with Crippen molar-refractivity contribution in [3.8, 4) is 0 Å². The summed E-state index contributed by atoms with van der Waals surface area (Å²) in [5, 5.41) is 6.03. The molecule has 0 saturated carbocycles. The summed E-state index contributed by atoms with van der Waals surface area (Å²) in [6.45, 7) is 2.99. The molecule has 1 atom stereocenters. The van der Waals surface area contributed by atoms with E-state index in [4.69, 9.17) is 0 Å². The van der Waals surface area contributed by atoms with Crippen LogP contribution in [0.4, 0.5) is 0 Å². The second-order valence-corrected chi connectivity index (χ2v) is 6.09. The highest BCUT2D eigenvalue weighted by molar-refractivity contribution is 9.10. The number of hydrogen-bond acceptors (Lipinski definition) is 2. The summed E-state index contributed by atoms with van der Waals surface area (Å²) < 4.78 is 1.11. The van der Waals surface area contributed by atoms with Crippen molar-refractivity contribution in [2.75, 3.05) is 0 Å². The molecule has 3 aromatic rings. The molecule has 21 heavy (non-hydrogen) atoms. The van der Waals surface area contributed by atoms with Crippen LogP contribution < -0.4 is 5.32 Å². The van der Waals surface area contributed by atoms with Crippen LogP contribution in [0.1, 0.15) is 24.1 Å². The number of fused-ring (bicyclic) bond motifs is 1. The van der Waals surface area contributed by atoms with E-state index in [-0.39, 0.29) is 0 Å². The lowest BCUT2D eigenvalue weighted by Gasteiger charge is -2.15. The van der Waals surface area contributed by atoms with Crippen molar-refractivity contribution in [2.45, 2.75) is 19.5 Å². The maximum Gasteiger partial charge on any atom is 0.0346 e. The molecule has 2 nitrogen and oxygen atoms in total. The van der Waals surface area contributed by atoms with Crippen LogP contribution in [0, 0.1) is 0 Å². The molecule has 0 aliphatic rings. The first kappa shape index (κ1) is 14.2. The van der Waals surface area contributed by atoms with Gasteiger partial charge < -0.3 is 5.32 Å². The second kappa shape index (κ2) is 6.37. The first-order chi connectivity index (χ1) is 10.2. The topological polar surface area (TPSA) is 24.9 Å². The van der Waals surface area contributed by atoms with Gasteiger partial charge in [0, 0.05) is 34.8 Å². The van der Waals surface area contributed by atoms with Gasteiger partial charge >= 0.3 is 0 Å². The summed E-state index contributed by atoms with van der Waals surface area (Å²) >= 11 is 3.52. The molecule has 0 aliphatic heterocycles. The van der Waals surface area contributed by atoms with Gasteiger partial charge in [-0.25, -0.2) is 0 Å². The van der Waals surface area contributed by atoms with Gasteiger partial charge in [-0.3, -0.25) is 4.98 Å². The van der Waals surface area contributed by atoms with Gasteiger partial charge in [-0.2, -0.15) is 0 Å². The van der Waals surface area contributed by atoms with E-state index in [1.807, 2.05) is 24.5 Å². The van der Waals surface area contributed by atoms with Crippen LogP contribution in [0.15, 0.2) is 65.4 Å². The fourth-order valence-electron chi connectivity index (χ4n) is 2.48. The maximum absolute atomic E-state index is 4.33. The molecule has 1 N–H and O–H groups in total. The molecule has 0 bridgehead atoms. The molecule has 2 aromatic carbocycles. The molecule has 0 unspecified atom stereocenters. The van der Waals surface area contributed by atoms with E-state index in [9.17, 15) is 0 Å². The first-order valence-electron chi connectivity index (χ1n) is 7.04. The highest BCUT2D eigenvalue weighted by Gasteiger charge is 2.07. The molecule has 0 fully saturated rings. The van der Waals surface area contributed by atoms with Gasteiger partial charge in [-0.1, -0.05) is 52.3 Å². The summed E-state index contributed by atoms with van der Waals surface area (Å²) in [5.74, 6) is 0. The van der Waals surface area contributed by atoms with Crippen LogP contribution in [-0.2, 0) is 6.54 Å². The van der Waals surface area contributed by atoms with E-state index < -0.39 is 0 Å². The predicted octanol–water partition coefficient (Wildman–Crippen LogP) is 4.85. The molecule has 1 aromatic heterocycles. The lowest BCUT2D eigenvalue weighted by molar-refractivity contribution is 0.575. The Labute approximate surface area is 133 Å². The first-order valence-corrected chi connectivity index (χ1v) is 7.84. The quantitative estimate of drug-likeness (QED) is 0.734. The number of nitrogens with zero attached hydrogens (tertiary/aromatic N) is 1. The number of hydrogen-bond donors (Lipinski definition) is 1. The summed E-state index contributed by atoms with van der Waals surface area (Å²) in [5.41, 5.74) is 2.51. The molecule has 1 heterocycles. The van der Waals surface area contributed by atoms with E-state index in [1.54, 1.807) is 0 Å². The Morgan fingerprint density at radius 3 is 2.81 bits per heavy atom. The summed E-state index contributed by atoms with van der Waals surface area (Å²) in [6.07, 6.45) is 3.86. The molecule has 3 heteroatoms. The smallest absolute Gasteiger partial charge is 0.0346 e. The molecule has 106 valence electrons. The standard InChI is InChI=1S/C18H17BrN2/c1-13(14-6-4-7-17(19)9-14)21-12-16-11-20-10-15-5-2-3-8-18(15)16/h2-11,13,21H,12H2,1H3/t13-/m0/s1. The Bertz CT molecular complexity index is 750. The third-order valence-corrected chi connectivity index (χ3v) is 4.19. The average molecular weight is 341 g/mol. The van der Waals surface area contributed by atoms with Crippen LogP contribution in [0.2, 0.25) is 0 Å². The molecule has 0 saturated heterocycles. The van der Waals surface area contributed by atoms with Crippen LogP contribution in [-0.4, -0.2) is 4.98 Å². The van der Waals surface area contributed by atoms with Gasteiger partial charge in [-0.15, -0.1) is 0 Å². The van der Waals surface area contributed by atoms with Crippen LogP contribution >= 0.6 is 15.9 Å². The van der Waals surface area contributed by atoms with Gasteiger partial charge in [-0.05, 0) is 35.6 Å². The monoisotopic (exact) mass is 340 g/mol. The van der Waals surface area contributed by atoms with Gasteiger partial charge in [0.25, 0.3) is 0 Å². The molecule has 0 spiro atoms. The lowest BCUT2D eigenvalue weighted by atomic mass is 10.1. The Hall–Kier alpha value is -1.71. The number of aromatic nitrogens is 1. The van der Waals surface area contributed by atoms with Crippen molar-refractivity contribution >= 4 is 26.7 Å². The van der Waals surface area contributed by atoms with Gasteiger partial charge in [0.1, 0.15) is 0 Å². The minimum atomic E-state index is 0.293. The number of halogens is 1. The lowest BCUT2D eigenvalue weighted by Crippen LogP contribution is -2.18. The molecule has 0 radical (unpaired) electrons. The Morgan fingerprint density at radius 1 is 1.10 bits per heavy atom. The SMILES string of the molecule is C[C@H](NCc1cncc2ccccc12)c1cccc(Br)c1.